The van der Waals surface area contributed by atoms with Gasteiger partial charge < -0.3 is 9.47 Å². The minimum Gasteiger partial charge on any atom is -0.465 e. The van der Waals surface area contributed by atoms with Gasteiger partial charge in [-0.1, -0.05) is 6.92 Å². The third-order valence-electron chi connectivity index (χ3n) is 4.59. The van der Waals surface area contributed by atoms with Crippen molar-refractivity contribution in [2.75, 3.05) is 13.7 Å². The molecule has 5 unspecified atom stereocenters. The highest BCUT2D eigenvalue weighted by molar-refractivity contribution is 5.76. The summed E-state index contributed by atoms with van der Waals surface area (Å²) in [5.41, 5.74) is 0. The number of hydrogen-bond donors (Lipinski definition) is 0. The molecule has 3 aliphatic rings. The average molecular weight is 196 g/mol. The summed E-state index contributed by atoms with van der Waals surface area (Å²) in [6, 6.07) is 0. The molecule has 1 heterocycles. The molecule has 0 N–H and O–H groups in total. The Balaban J connectivity index is 1.92. The van der Waals surface area contributed by atoms with E-state index in [0.29, 0.717) is 30.3 Å². The highest BCUT2D eigenvalue weighted by Crippen LogP contribution is 2.58. The Morgan fingerprint density at radius 1 is 1.36 bits per heavy atom. The molecule has 3 nitrogen and oxygen atoms in total. The maximum atomic E-state index is 11.5. The Hall–Kier alpha value is -0.570. The number of rotatable bonds is 1. The molecule has 2 bridgehead atoms. The molecule has 0 aromatic carbocycles. The number of hydrogen-bond acceptors (Lipinski definition) is 3. The van der Waals surface area contributed by atoms with Gasteiger partial charge >= 0.3 is 5.97 Å². The Morgan fingerprint density at radius 3 is 2.86 bits per heavy atom. The molecule has 1 aliphatic heterocycles. The molecular weight excluding hydrogens is 180 g/mol. The van der Waals surface area contributed by atoms with Crippen LogP contribution in [0.2, 0.25) is 0 Å². The molecule has 3 heteroatoms. The second-order valence-corrected chi connectivity index (χ2v) is 4.94. The lowest BCUT2D eigenvalue weighted by molar-refractivity contribution is -0.144. The lowest BCUT2D eigenvalue weighted by Crippen LogP contribution is -2.38. The molecule has 0 spiro atoms. The van der Waals surface area contributed by atoms with Gasteiger partial charge in [-0.2, -0.15) is 0 Å². The summed E-state index contributed by atoms with van der Waals surface area (Å²) in [6.07, 6.45) is 1.45. The molecule has 2 aliphatic carbocycles. The lowest BCUT2D eigenvalue weighted by atomic mass is 9.74. The predicted molar refractivity (Wildman–Crippen MR) is 49.5 cm³/mol. The zero-order valence-corrected chi connectivity index (χ0v) is 8.60. The molecule has 0 amide bonds. The van der Waals surface area contributed by atoms with Gasteiger partial charge in [0.1, 0.15) is 0 Å². The number of fused-ring (bicyclic) bond motifs is 5. The summed E-state index contributed by atoms with van der Waals surface area (Å²) in [7, 11) is 1.76. The normalized spacial score (nSPS) is 54.9. The van der Waals surface area contributed by atoms with Crippen LogP contribution in [0.3, 0.4) is 0 Å². The van der Waals surface area contributed by atoms with Crippen molar-refractivity contribution in [2.45, 2.75) is 19.4 Å². The van der Waals surface area contributed by atoms with Crippen molar-refractivity contribution < 1.29 is 14.3 Å². The van der Waals surface area contributed by atoms with Crippen LogP contribution in [-0.4, -0.2) is 25.8 Å². The Labute approximate surface area is 83.8 Å². The number of carbonyl (C=O) groups excluding carboxylic acids is 1. The van der Waals surface area contributed by atoms with Crippen molar-refractivity contribution >= 4 is 5.97 Å². The minimum atomic E-state index is 0.0245. The number of carbonyl (C=O) groups is 1. The van der Waals surface area contributed by atoms with Crippen LogP contribution in [0.1, 0.15) is 13.3 Å². The van der Waals surface area contributed by atoms with Crippen LogP contribution >= 0.6 is 0 Å². The molecular formula is C11H16O3. The number of methoxy groups -OCH3 is 1. The fraction of sp³-hybridized carbons (Fsp3) is 0.909. The largest absolute Gasteiger partial charge is 0.465 e. The summed E-state index contributed by atoms with van der Waals surface area (Å²) < 4.78 is 10.7. The van der Waals surface area contributed by atoms with Gasteiger partial charge in [-0.15, -0.1) is 0 Å². The topological polar surface area (TPSA) is 35.5 Å². The van der Waals surface area contributed by atoms with Gasteiger partial charge in [0, 0.05) is 13.0 Å². The van der Waals surface area contributed by atoms with Crippen LogP contribution in [0, 0.1) is 29.6 Å². The summed E-state index contributed by atoms with van der Waals surface area (Å²) in [5.74, 6) is 2.36. The Morgan fingerprint density at radius 2 is 2.14 bits per heavy atom. The fourth-order valence-corrected chi connectivity index (χ4v) is 4.04. The van der Waals surface area contributed by atoms with Crippen molar-refractivity contribution in [3.63, 3.8) is 0 Å². The second-order valence-electron chi connectivity index (χ2n) is 4.94. The van der Waals surface area contributed by atoms with E-state index < -0.39 is 0 Å². The minimum absolute atomic E-state index is 0.0245. The summed E-state index contributed by atoms with van der Waals surface area (Å²) in [5, 5.41) is 0. The van der Waals surface area contributed by atoms with E-state index in [4.69, 9.17) is 9.47 Å². The molecule has 1 saturated heterocycles. The van der Waals surface area contributed by atoms with Crippen LogP contribution in [0.5, 0.6) is 0 Å². The molecule has 0 radical (unpaired) electrons. The number of cyclic esters (lactones) is 1. The van der Waals surface area contributed by atoms with Gasteiger partial charge in [-0.3, -0.25) is 4.79 Å². The summed E-state index contributed by atoms with van der Waals surface area (Å²) in [4.78, 5) is 11.5. The maximum Gasteiger partial charge on any atom is 0.309 e. The van der Waals surface area contributed by atoms with Gasteiger partial charge in [0.2, 0.25) is 0 Å². The molecule has 3 fully saturated rings. The third-order valence-corrected chi connectivity index (χ3v) is 4.59. The standard InChI is InChI=1S/C11H16O3/c1-5-6-3-7(10(5)13-2)9-8(6)4-14-11(9)12/h5-10H,3-4H2,1-2H3/t5-,6?,7?,8?,9?,10?/m1/s1. The monoisotopic (exact) mass is 196 g/mol. The highest BCUT2D eigenvalue weighted by atomic mass is 16.5. The van der Waals surface area contributed by atoms with Crippen molar-refractivity contribution in [3.8, 4) is 0 Å². The van der Waals surface area contributed by atoms with Crippen molar-refractivity contribution in [3.05, 3.63) is 0 Å². The zero-order valence-electron chi connectivity index (χ0n) is 8.60. The van der Waals surface area contributed by atoms with Crippen LogP contribution in [0.4, 0.5) is 0 Å². The van der Waals surface area contributed by atoms with Gasteiger partial charge in [0.05, 0.1) is 18.6 Å². The van der Waals surface area contributed by atoms with Crippen molar-refractivity contribution in [2.24, 2.45) is 29.6 Å². The van der Waals surface area contributed by atoms with Gasteiger partial charge in [-0.05, 0) is 24.2 Å². The SMILES string of the molecule is COC1C2CC(C3COC(=O)C32)[C@H]1C. The zero-order chi connectivity index (χ0) is 9.87. The summed E-state index contributed by atoms with van der Waals surface area (Å²) >= 11 is 0. The van der Waals surface area contributed by atoms with Gasteiger partial charge in [0.15, 0.2) is 0 Å². The molecule has 3 rings (SSSR count). The molecule has 0 aromatic heterocycles. The first kappa shape index (κ1) is 8.72. The second kappa shape index (κ2) is 2.72. The third kappa shape index (κ3) is 0.842. The number of ether oxygens (including phenoxy) is 2. The molecule has 0 aromatic rings. The van der Waals surface area contributed by atoms with E-state index in [2.05, 4.69) is 6.92 Å². The van der Waals surface area contributed by atoms with E-state index in [9.17, 15) is 4.79 Å². The van der Waals surface area contributed by atoms with E-state index in [1.54, 1.807) is 7.11 Å². The first-order valence-electron chi connectivity index (χ1n) is 5.43. The van der Waals surface area contributed by atoms with Crippen LogP contribution in [0.25, 0.3) is 0 Å². The molecule has 78 valence electrons. The van der Waals surface area contributed by atoms with E-state index in [0.717, 1.165) is 0 Å². The summed E-state index contributed by atoms with van der Waals surface area (Å²) in [6.45, 7) is 2.91. The first-order valence-corrected chi connectivity index (χ1v) is 5.43. The first-order chi connectivity index (χ1) is 6.74. The molecule has 2 saturated carbocycles. The molecule has 6 atom stereocenters. The van der Waals surface area contributed by atoms with E-state index in [-0.39, 0.29) is 18.0 Å². The van der Waals surface area contributed by atoms with Crippen molar-refractivity contribution in [1.82, 2.24) is 0 Å². The quantitative estimate of drug-likeness (QED) is 0.589. The Bertz CT molecular complexity index is 276. The number of esters is 1. The van der Waals surface area contributed by atoms with Crippen molar-refractivity contribution in [1.29, 1.82) is 0 Å². The fourth-order valence-electron chi connectivity index (χ4n) is 4.04. The average Bonchev–Trinajstić information content (AvgIpc) is 2.77. The van der Waals surface area contributed by atoms with Gasteiger partial charge in [0.25, 0.3) is 0 Å². The van der Waals surface area contributed by atoms with E-state index in [1.807, 2.05) is 0 Å². The smallest absolute Gasteiger partial charge is 0.309 e. The lowest BCUT2D eigenvalue weighted by Gasteiger charge is -2.32. The van der Waals surface area contributed by atoms with Crippen LogP contribution in [-0.2, 0) is 14.3 Å². The Kier molecular flexibility index (Phi) is 1.69. The van der Waals surface area contributed by atoms with E-state index >= 15 is 0 Å². The maximum absolute atomic E-state index is 11.5. The predicted octanol–water partition coefficient (Wildman–Crippen LogP) is 1.08. The van der Waals surface area contributed by atoms with Crippen LogP contribution < -0.4 is 0 Å². The van der Waals surface area contributed by atoms with E-state index in [1.165, 1.54) is 6.42 Å². The van der Waals surface area contributed by atoms with Gasteiger partial charge in [-0.25, -0.2) is 0 Å². The molecule has 14 heavy (non-hydrogen) atoms. The van der Waals surface area contributed by atoms with Crippen LogP contribution in [0.15, 0.2) is 0 Å². The highest BCUT2D eigenvalue weighted by Gasteiger charge is 2.62.